The Kier molecular flexibility index (Phi) is 6.04. The highest BCUT2D eigenvalue weighted by molar-refractivity contribution is 6.31. The average Bonchev–Trinajstić information content (AvgIpc) is 3.22. The molecule has 0 saturated carbocycles. The molecular formula is C25H25ClN4O5. The van der Waals surface area contributed by atoms with Crippen molar-refractivity contribution in [2.45, 2.75) is 25.4 Å². The van der Waals surface area contributed by atoms with Crippen molar-refractivity contribution in [1.82, 2.24) is 19.9 Å². The summed E-state index contributed by atoms with van der Waals surface area (Å²) in [6, 6.07) is 10.4. The average molecular weight is 497 g/mol. The molecule has 2 aromatic carbocycles. The summed E-state index contributed by atoms with van der Waals surface area (Å²) in [5.41, 5.74) is 2.38. The van der Waals surface area contributed by atoms with Crippen LogP contribution in [0.25, 0.3) is 10.9 Å². The van der Waals surface area contributed by atoms with E-state index >= 15 is 0 Å². The molecule has 10 heteroatoms. The standard InChI is InChI=1S/C25H25ClN4O5/c1-34-18-6-3-13(11-19(18)35-2)8-10-30-24(32)20(23(31)29-25(30)33)22-21-15(7-9-27-22)16-12-14(26)4-5-17(16)28-21/h3-6,11-12,22,27-28,32H,7-10H2,1-2H3,(H,29,31,33)/t22-/m0/s1. The summed E-state index contributed by atoms with van der Waals surface area (Å²) in [7, 11) is 3.11. The predicted octanol–water partition coefficient (Wildman–Crippen LogP) is 2.87. The van der Waals surface area contributed by atoms with Crippen molar-refractivity contribution >= 4 is 22.5 Å². The molecule has 0 unspecified atom stereocenters. The molecule has 1 aliphatic heterocycles. The molecule has 0 spiro atoms. The number of aryl methyl sites for hydroxylation is 1. The number of ether oxygens (including phenoxy) is 2. The fraction of sp³-hybridized carbons (Fsp3) is 0.280. The second-order valence-electron chi connectivity index (χ2n) is 8.43. The highest BCUT2D eigenvalue weighted by Crippen LogP contribution is 2.36. The third-order valence-corrected chi connectivity index (χ3v) is 6.72. The van der Waals surface area contributed by atoms with Crippen LogP contribution in [0.5, 0.6) is 17.4 Å². The number of aromatic amines is 2. The molecule has 0 saturated heterocycles. The zero-order chi connectivity index (χ0) is 24.7. The number of hydrogen-bond donors (Lipinski definition) is 4. The maximum absolute atomic E-state index is 12.9. The van der Waals surface area contributed by atoms with E-state index in [0.717, 1.165) is 34.1 Å². The van der Waals surface area contributed by atoms with E-state index in [1.165, 1.54) is 4.57 Å². The first-order valence-electron chi connectivity index (χ1n) is 11.2. The van der Waals surface area contributed by atoms with Gasteiger partial charge in [0.2, 0.25) is 5.88 Å². The van der Waals surface area contributed by atoms with Crippen LogP contribution in [0.1, 0.15) is 28.4 Å². The molecule has 3 heterocycles. The zero-order valence-electron chi connectivity index (χ0n) is 19.3. The number of aromatic nitrogens is 3. The molecule has 0 aliphatic carbocycles. The van der Waals surface area contributed by atoms with Crippen LogP contribution >= 0.6 is 11.6 Å². The largest absolute Gasteiger partial charge is 0.494 e. The van der Waals surface area contributed by atoms with Crippen molar-refractivity contribution < 1.29 is 14.6 Å². The fourth-order valence-corrected chi connectivity index (χ4v) is 4.94. The topological polar surface area (TPSA) is 121 Å². The van der Waals surface area contributed by atoms with Gasteiger partial charge in [-0.3, -0.25) is 14.3 Å². The van der Waals surface area contributed by atoms with Crippen LogP contribution in [0.4, 0.5) is 0 Å². The number of benzene rings is 2. The molecule has 0 amide bonds. The third-order valence-electron chi connectivity index (χ3n) is 6.48. The minimum Gasteiger partial charge on any atom is -0.494 e. The number of aromatic hydroxyl groups is 1. The Labute approximate surface area is 205 Å². The number of methoxy groups -OCH3 is 2. The molecular weight excluding hydrogens is 472 g/mol. The van der Waals surface area contributed by atoms with Gasteiger partial charge in [-0.1, -0.05) is 17.7 Å². The lowest BCUT2D eigenvalue weighted by Gasteiger charge is -2.25. The van der Waals surface area contributed by atoms with Crippen molar-refractivity contribution in [2.75, 3.05) is 20.8 Å². The van der Waals surface area contributed by atoms with Crippen LogP contribution in [0.2, 0.25) is 5.02 Å². The van der Waals surface area contributed by atoms with Crippen LogP contribution in [0.3, 0.4) is 0 Å². The van der Waals surface area contributed by atoms with E-state index in [1.807, 2.05) is 24.3 Å². The van der Waals surface area contributed by atoms with Gasteiger partial charge in [-0.25, -0.2) is 4.79 Å². The molecule has 0 radical (unpaired) electrons. The molecule has 4 aromatic rings. The minimum atomic E-state index is -0.670. The summed E-state index contributed by atoms with van der Waals surface area (Å²) in [6.45, 7) is 0.757. The Bertz CT molecular complexity index is 1540. The van der Waals surface area contributed by atoms with Gasteiger partial charge in [-0.2, -0.15) is 0 Å². The molecule has 35 heavy (non-hydrogen) atoms. The van der Waals surface area contributed by atoms with E-state index in [2.05, 4.69) is 15.3 Å². The smallest absolute Gasteiger partial charge is 0.331 e. The first kappa shape index (κ1) is 23.1. The molecule has 1 aliphatic rings. The minimum absolute atomic E-state index is 0.0931. The van der Waals surface area contributed by atoms with Crippen LogP contribution in [0, 0.1) is 0 Å². The van der Waals surface area contributed by atoms with E-state index < -0.39 is 17.3 Å². The number of halogens is 1. The zero-order valence-corrected chi connectivity index (χ0v) is 20.0. The molecule has 1 atom stereocenters. The van der Waals surface area contributed by atoms with Gasteiger partial charge in [-0.05, 0) is 54.3 Å². The van der Waals surface area contributed by atoms with E-state index in [4.69, 9.17) is 21.1 Å². The van der Waals surface area contributed by atoms with Crippen LogP contribution in [-0.2, 0) is 19.4 Å². The maximum atomic E-state index is 12.9. The highest BCUT2D eigenvalue weighted by Gasteiger charge is 2.31. The number of hydrogen-bond acceptors (Lipinski definition) is 6. The summed E-state index contributed by atoms with van der Waals surface area (Å²) < 4.78 is 11.8. The third kappa shape index (κ3) is 4.06. The highest BCUT2D eigenvalue weighted by atomic mass is 35.5. The van der Waals surface area contributed by atoms with Gasteiger partial charge in [0.05, 0.1) is 20.3 Å². The van der Waals surface area contributed by atoms with Gasteiger partial charge in [-0.15, -0.1) is 0 Å². The number of fused-ring (bicyclic) bond motifs is 3. The molecule has 0 bridgehead atoms. The maximum Gasteiger partial charge on any atom is 0.331 e. The van der Waals surface area contributed by atoms with Gasteiger partial charge < -0.3 is 24.9 Å². The lowest BCUT2D eigenvalue weighted by Crippen LogP contribution is -2.39. The quantitative estimate of drug-likeness (QED) is 0.326. The lowest BCUT2D eigenvalue weighted by molar-refractivity contribution is 0.354. The van der Waals surface area contributed by atoms with Crippen molar-refractivity contribution in [3.8, 4) is 17.4 Å². The van der Waals surface area contributed by atoms with E-state index in [-0.39, 0.29) is 18.0 Å². The Balaban J connectivity index is 1.53. The van der Waals surface area contributed by atoms with Gasteiger partial charge in [0.25, 0.3) is 5.56 Å². The molecule has 9 nitrogen and oxygen atoms in total. The fourth-order valence-electron chi connectivity index (χ4n) is 4.77. The first-order valence-corrected chi connectivity index (χ1v) is 11.6. The number of rotatable bonds is 6. The lowest BCUT2D eigenvalue weighted by atomic mass is 9.95. The van der Waals surface area contributed by atoms with Crippen molar-refractivity contribution in [2.24, 2.45) is 0 Å². The molecule has 182 valence electrons. The number of nitrogens with one attached hydrogen (secondary N) is 3. The normalized spacial score (nSPS) is 15.2. The van der Waals surface area contributed by atoms with E-state index in [1.54, 1.807) is 26.4 Å². The Morgan fingerprint density at radius 1 is 1.09 bits per heavy atom. The van der Waals surface area contributed by atoms with Crippen molar-refractivity contribution in [1.29, 1.82) is 0 Å². The first-order chi connectivity index (χ1) is 16.9. The Morgan fingerprint density at radius 2 is 1.89 bits per heavy atom. The molecule has 4 N–H and O–H groups in total. The van der Waals surface area contributed by atoms with Gasteiger partial charge >= 0.3 is 5.69 Å². The molecule has 5 rings (SSSR count). The SMILES string of the molecule is COc1ccc(CCn2c(O)c([C@@H]3NCCc4c3[nH]c3ccc(Cl)cc43)c(=O)[nH]c2=O)cc1OC. The summed E-state index contributed by atoms with van der Waals surface area (Å²) in [5, 5.41) is 16.0. The summed E-state index contributed by atoms with van der Waals surface area (Å²) in [4.78, 5) is 31.2. The number of H-pyrrole nitrogens is 2. The second kappa shape index (κ2) is 9.16. The monoisotopic (exact) mass is 496 g/mol. The summed E-state index contributed by atoms with van der Waals surface area (Å²) in [6.07, 6.45) is 1.16. The van der Waals surface area contributed by atoms with Crippen LogP contribution in [0.15, 0.2) is 46.0 Å². The Hall–Kier alpha value is -3.69. The second-order valence-corrected chi connectivity index (χ2v) is 8.87. The molecule has 2 aromatic heterocycles. The van der Waals surface area contributed by atoms with Crippen molar-refractivity contribution in [3.63, 3.8) is 0 Å². The van der Waals surface area contributed by atoms with Gasteiger partial charge in [0.15, 0.2) is 11.5 Å². The summed E-state index contributed by atoms with van der Waals surface area (Å²) in [5.74, 6) is 0.809. The predicted molar refractivity (Wildman–Crippen MR) is 133 cm³/mol. The number of nitrogens with zero attached hydrogens (tertiary/aromatic N) is 1. The van der Waals surface area contributed by atoms with E-state index in [9.17, 15) is 14.7 Å². The van der Waals surface area contributed by atoms with Crippen LogP contribution < -0.4 is 26.0 Å². The molecule has 0 fully saturated rings. The van der Waals surface area contributed by atoms with Crippen molar-refractivity contribution in [3.05, 3.63) is 84.6 Å². The Morgan fingerprint density at radius 3 is 2.66 bits per heavy atom. The van der Waals surface area contributed by atoms with Gasteiger partial charge in [0, 0.05) is 34.7 Å². The summed E-state index contributed by atoms with van der Waals surface area (Å²) >= 11 is 6.20. The van der Waals surface area contributed by atoms with Gasteiger partial charge in [0.1, 0.15) is 5.56 Å². The van der Waals surface area contributed by atoms with Crippen LogP contribution in [-0.4, -0.2) is 40.4 Å². The van der Waals surface area contributed by atoms with E-state index in [0.29, 0.717) is 29.5 Å².